The lowest BCUT2D eigenvalue weighted by Crippen LogP contribution is -2.30. The van der Waals surface area contributed by atoms with Crippen LogP contribution in [0.4, 0.5) is 0 Å². The maximum atomic E-state index is 11.4. The maximum Gasteiger partial charge on any atom is 0.222 e. The van der Waals surface area contributed by atoms with Crippen LogP contribution < -0.4 is 5.32 Å². The molecule has 1 atom stereocenters. The number of amides is 1. The standard InChI is InChI=1S/C12H23NOS/c1-3-10(2)12(14)13-8-9-15-11-6-4-5-7-11/h10-11H,3-9H2,1-2H3,(H,13,14)/t10-/m0/s1. The van der Waals surface area contributed by atoms with Gasteiger partial charge in [0.25, 0.3) is 0 Å². The van der Waals surface area contributed by atoms with Crippen molar-refractivity contribution in [3.05, 3.63) is 0 Å². The van der Waals surface area contributed by atoms with E-state index in [0.717, 1.165) is 24.0 Å². The molecular weight excluding hydrogens is 206 g/mol. The Labute approximate surface area is 97.6 Å². The van der Waals surface area contributed by atoms with Crippen LogP contribution >= 0.6 is 11.8 Å². The topological polar surface area (TPSA) is 29.1 Å². The number of rotatable bonds is 6. The van der Waals surface area contributed by atoms with Gasteiger partial charge in [0.1, 0.15) is 0 Å². The highest BCUT2D eigenvalue weighted by Gasteiger charge is 2.15. The maximum absolute atomic E-state index is 11.4. The van der Waals surface area contributed by atoms with Gasteiger partial charge in [-0.2, -0.15) is 11.8 Å². The third-order valence-corrected chi connectivity index (χ3v) is 4.50. The molecule has 1 fully saturated rings. The number of nitrogens with one attached hydrogen (secondary N) is 1. The lowest BCUT2D eigenvalue weighted by atomic mass is 10.1. The number of thioether (sulfide) groups is 1. The molecule has 1 N–H and O–H groups in total. The minimum Gasteiger partial charge on any atom is -0.355 e. The van der Waals surface area contributed by atoms with Crippen molar-refractivity contribution in [2.45, 2.75) is 51.2 Å². The molecule has 0 aromatic rings. The highest BCUT2D eigenvalue weighted by atomic mass is 32.2. The molecule has 88 valence electrons. The Balaban J connectivity index is 1.98. The van der Waals surface area contributed by atoms with Crippen LogP contribution in [0, 0.1) is 5.92 Å². The number of hydrogen-bond acceptors (Lipinski definition) is 2. The Kier molecular flexibility index (Phi) is 6.15. The lowest BCUT2D eigenvalue weighted by Gasteiger charge is -2.11. The van der Waals surface area contributed by atoms with Crippen LogP contribution in [0.5, 0.6) is 0 Å². The van der Waals surface area contributed by atoms with Gasteiger partial charge in [-0.1, -0.05) is 26.7 Å². The molecule has 0 unspecified atom stereocenters. The normalized spacial score (nSPS) is 19.1. The zero-order chi connectivity index (χ0) is 11.1. The van der Waals surface area contributed by atoms with E-state index in [9.17, 15) is 4.79 Å². The van der Waals surface area contributed by atoms with E-state index in [1.54, 1.807) is 0 Å². The SMILES string of the molecule is CC[C@H](C)C(=O)NCCSC1CCCC1. The van der Waals surface area contributed by atoms with E-state index in [-0.39, 0.29) is 11.8 Å². The molecule has 0 aliphatic heterocycles. The predicted molar refractivity (Wildman–Crippen MR) is 67.2 cm³/mol. The first-order valence-corrected chi connectivity index (χ1v) is 7.18. The molecule has 1 aliphatic carbocycles. The zero-order valence-corrected chi connectivity index (χ0v) is 10.7. The summed E-state index contributed by atoms with van der Waals surface area (Å²) in [7, 11) is 0. The van der Waals surface area contributed by atoms with Crippen molar-refractivity contribution in [3.8, 4) is 0 Å². The van der Waals surface area contributed by atoms with Crippen molar-refractivity contribution in [2.75, 3.05) is 12.3 Å². The second-order valence-electron chi connectivity index (χ2n) is 4.38. The first kappa shape index (κ1) is 12.9. The predicted octanol–water partition coefficient (Wildman–Crippen LogP) is 2.82. The third-order valence-electron chi connectivity index (χ3n) is 3.12. The fourth-order valence-electron chi connectivity index (χ4n) is 1.81. The molecule has 0 spiro atoms. The van der Waals surface area contributed by atoms with Crippen LogP contribution in [0.3, 0.4) is 0 Å². The molecule has 0 aromatic carbocycles. The molecule has 2 nitrogen and oxygen atoms in total. The summed E-state index contributed by atoms with van der Waals surface area (Å²) >= 11 is 2.03. The van der Waals surface area contributed by atoms with Crippen LogP contribution in [0.2, 0.25) is 0 Å². The van der Waals surface area contributed by atoms with Gasteiger partial charge in [0, 0.05) is 23.5 Å². The van der Waals surface area contributed by atoms with Crippen molar-refractivity contribution in [3.63, 3.8) is 0 Å². The van der Waals surface area contributed by atoms with Gasteiger partial charge in [-0.25, -0.2) is 0 Å². The van der Waals surface area contributed by atoms with E-state index in [4.69, 9.17) is 0 Å². The van der Waals surface area contributed by atoms with E-state index in [1.807, 2.05) is 18.7 Å². The summed E-state index contributed by atoms with van der Waals surface area (Å²) < 4.78 is 0. The quantitative estimate of drug-likeness (QED) is 0.710. The van der Waals surface area contributed by atoms with E-state index < -0.39 is 0 Å². The molecule has 0 bridgehead atoms. The molecule has 3 heteroatoms. The first-order valence-electron chi connectivity index (χ1n) is 6.13. The van der Waals surface area contributed by atoms with Gasteiger partial charge in [0.15, 0.2) is 0 Å². The third kappa shape index (κ3) is 4.92. The van der Waals surface area contributed by atoms with Gasteiger partial charge in [0.05, 0.1) is 0 Å². The molecule has 1 aliphatic rings. The van der Waals surface area contributed by atoms with Crippen LogP contribution in [0.1, 0.15) is 46.0 Å². The van der Waals surface area contributed by atoms with E-state index in [0.29, 0.717) is 0 Å². The summed E-state index contributed by atoms with van der Waals surface area (Å²) in [5.41, 5.74) is 0. The van der Waals surface area contributed by atoms with Crippen LogP contribution in [0.15, 0.2) is 0 Å². The largest absolute Gasteiger partial charge is 0.355 e. The summed E-state index contributed by atoms with van der Waals surface area (Å²) in [6, 6.07) is 0. The minimum atomic E-state index is 0.168. The fraction of sp³-hybridized carbons (Fsp3) is 0.917. The summed E-state index contributed by atoms with van der Waals surface area (Å²) in [6.45, 7) is 4.88. The second-order valence-corrected chi connectivity index (χ2v) is 5.79. The Morgan fingerprint density at radius 1 is 1.47 bits per heavy atom. The average Bonchev–Trinajstić information content (AvgIpc) is 2.75. The number of hydrogen-bond donors (Lipinski definition) is 1. The van der Waals surface area contributed by atoms with Gasteiger partial charge in [-0.3, -0.25) is 4.79 Å². The van der Waals surface area contributed by atoms with E-state index in [2.05, 4.69) is 12.2 Å². The second kappa shape index (κ2) is 7.15. The van der Waals surface area contributed by atoms with Crippen molar-refractivity contribution in [2.24, 2.45) is 5.92 Å². The summed E-state index contributed by atoms with van der Waals surface area (Å²) in [5, 5.41) is 3.86. The molecule has 1 amide bonds. The Morgan fingerprint density at radius 3 is 2.73 bits per heavy atom. The summed E-state index contributed by atoms with van der Waals surface area (Å²) in [4.78, 5) is 11.4. The zero-order valence-electron chi connectivity index (χ0n) is 9.92. The Bertz CT molecular complexity index is 190. The Hall–Kier alpha value is -0.180. The van der Waals surface area contributed by atoms with Gasteiger partial charge in [-0.15, -0.1) is 0 Å². The van der Waals surface area contributed by atoms with Gasteiger partial charge >= 0.3 is 0 Å². The average molecular weight is 229 g/mol. The molecule has 0 aromatic heterocycles. The minimum absolute atomic E-state index is 0.168. The summed E-state index contributed by atoms with van der Waals surface area (Å²) in [5.74, 6) is 1.46. The first-order chi connectivity index (χ1) is 7.24. The van der Waals surface area contributed by atoms with Gasteiger partial charge in [0.2, 0.25) is 5.91 Å². The van der Waals surface area contributed by atoms with Gasteiger partial charge in [-0.05, 0) is 19.3 Å². The van der Waals surface area contributed by atoms with Crippen LogP contribution in [-0.2, 0) is 4.79 Å². The van der Waals surface area contributed by atoms with Crippen molar-refractivity contribution in [1.82, 2.24) is 5.32 Å². The monoisotopic (exact) mass is 229 g/mol. The van der Waals surface area contributed by atoms with Crippen LogP contribution in [0.25, 0.3) is 0 Å². The smallest absolute Gasteiger partial charge is 0.222 e. The highest BCUT2D eigenvalue weighted by molar-refractivity contribution is 7.99. The molecule has 0 heterocycles. The van der Waals surface area contributed by atoms with E-state index in [1.165, 1.54) is 25.7 Å². The summed E-state index contributed by atoms with van der Waals surface area (Å²) in [6.07, 6.45) is 6.49. The van der Waals surface area contributed by atoms with Crippen LogP contribution in [-0.4, -0.2) is 23.5 Å². The molecule has 0 radical (unpaired) electrons. The molecule has 1 saturated carbocycles. The van der Waals surface area contributed by atoms with Crippen molar-refractivity contribution < 1.29 is 4.79 Å². The van der Waals surface area contributed by atoms with Crippen molar-refractivity contribution in [1.29, 1.82) is 0 Å². The van der Waals surface area contributed by atoms with Crippen molar-refractivity contribution >= 4 is 17.7 Å². The van der Waals surface area contributed by atoms with E-state index >= 15 is 0 Å². The molecule has 0 saturated heterocycles. The lowest BCUT2D eigenvalue weighted by molar-refractivity contribution is -0.124. The molecular formula is C12H23NOS. The van der Waals surface area contributed by atoms with Gasteiger partial charge < -0.3 is 5.32 Å². The number of carbonyl (C=O) groups excluding carboxylic acids is 1. The highest BCUT2D eigenvalue weighted by Crippen LogP contribution is 2.28. The number of carbonyl (C=O) groups is 1. The fourth-order valence-corrected chi connectivity index (χ4v) is 3.03. The Morgan fingerprint density at radius 2 is 2.13 bits per heavy atom. The molecule has 15 heavy (non-hydrogen) atoms. The molecule has 1 rings (SSSR count).